The van der Waals surface area contributed by atoms with Crippen LogP contribution in [-0.2, 0) is 5.54 Å². The lowest BCUT2D eigenvalue weighted by atomic mass is 9.98. The summed E-state index contributed by atoms with van der Waals surface area (Å²) in [6.45, 7) is 8.55. The minimum atomic E-state index is -0.104. The van der Waals surface area contributed by atoms with Gasteiger partial charge in [0.25, 0.3) is 0 Å². The quantitative estimate of drug-likeness (QED) is 0.788. The number of fused-ring (bicyclic) bond motifs is 1. The van der Waals surface area contributed by atoms with E-state index in [4.69, 9.17) is 21.6 Å². The van der Waals surface area contributed by atoms with E-state index < -0.39 is 0 Å². The minimum Gasteiger partial charge on any atom is -0.306 e. The van der Waals surface area contributed by atoms with Crippen molar-refractivity contribution in [2.75, 3.05) is 0 Å². The van der Waals surface area contributed by atoms with E-state index in [0.717, 1.165) is 22.7 Å². The first-order valence-electron chi connectivity index (χ1n) is 6.92. The maximum absolute atomic E-state index is 6.34. The smallest absolute Gasteiger partial charge is 0.160 e. The Hall–Kier alpha value is -1.09. The highest BCUT2D eigenvalue weighted by Gasteiger charge is 2.41. The van der Waals surface area contributed by atoms with E-state index in [1.165, 1.54) is 12.8 Å². The predicted octanol–water partition coefficient (Wildman–Crippen LogP) is 4.18. The predicted molar refractivity (Wildman–Crippen MR) is 78.6 cm³/mol. The molecular weight excluding hydrogens is 258 g/mol. The molecule has 0 aromatic carbocycles. The number of hydrogen-bond acceptors (Lipinski definition) is 2. The molecule has 0 N–H and O–H groups in total. The van der Waals surface area contributed by atoms with Crippen molar-refractivity contribution in [3.8, 4) is 0 Å². The number of alkyl halides is 1. The Kier molecular flexibility index (Phi) is 2.86. The van der Waals surface area contributed by atoms with Gasteiger partial charge in [0.05, 0.1) is 5.38 Å². The fourth-order valence-electron chi connectivity index (χ4n) is 2.88. The van der Waals surface area contributed by atoms with E-state index in [0.29, 0.717) is 5.92 Å². The molecule has 19 heavy (non-hydrogen) atoms. The van der Waals surface area contributed by atoms with E-state index in [9.17, 15) is 0 Å². The fourth-order valence-corrected chi connectivity index (χ4v) is 3.02. The number of aromatic nitrogens is 3. The second-order valence-corrected chi connectivity index (χ2v) is 6.80. The molecule has 0 saturated heterocycles. The van der Waals surface area contributed by atoms with Crippen LogP contribution in [0.15, 0.2) is 12.1 Å². The Balaban J connectivity index is 2.29. The molecule has 1 aliphatic carbocycles. The summed E-state index contributed by atoms with van der Waals surface area (Å²) in [7, 11) is 0. The molecule has 3 nitrogen and oxygen atoms in total. The average Bonchev–Trinajstić information content (AvgIpc) is 3.10. The third-order valence-corrected chi connectivity index (χ3v) is 4.37. The van der Waals surface area contributed by atoms with Crippen LogP contribution >= 0.6 is 11.6 Å². The third kappa shape index (κ3) is 2.04. The molecule has 102 valence electrons. The number of rotatable bonds is 3. The van der Waals surface area contributed by atoms with Gasteiger partial charge in [-0.1, -0.05) is 0 Å². The van der Waals surface area contributed by atoms with Crippen LogP contribution in [0.3, 0.4) is 0 Å². The number of pyridine rings is 1. The van der Waals surface area contributed by atoms with Crippen molar-refractivity contribution in [1.82, 2.24) is 14.5 Å². The first-order chi connectivity index (χ1) is 8.91. The first-order valence-corrected chi connectivity index (χ1v) is 7.35. The molecule has 3 rings (SSSR count). The van der Waals surface area contributed by atoms with Crippen LogP contribution in [0.4, 0.5) is 0 Å². The average molecular weight is 278 g/mol. The van der Waals surface area contributed by atoms with Crippen molar-refractivity contribution in [1.29, 1.82) is 0 Å². The molecule has 1 fully saturated rings. The van der Waals surface area contributed by atoms with Crippen LogP contribution in [0.25, 0.3) is 11.2 Å². The molecule has 1 unspecified atom stereocenters. The molecule has 1 atom stereocenters. The van der Waals surface area contributed by atoms with Crippen molar-refractivity contribution < 1.29 is 0 Å². The summed E-state index contributed by atoms with van der Waals surface area (Å²) in [6.07, 6.45) is 2.57. The highest BCUT2D eigenvalue weighted by Crippen LogP contribution is 2.46. The molecule has 0 spiro atoms. The molecule has 2 aromatic rings. The Morgan fingerprint density at radius 1 is 1.32 bits per heavy atom. The lowest BCUT2D eigenvalue weighted by molar-refractivity contribution is 0.302. The summed E-state index contributed by atoms with van der Waals surface area (Å²) in [4.78, 5) is 9.40. The van der Waals surface area contributed by atoms with Crippen LogP contribution in [-0.4, -0.2) is 14.5 Å². The van der Waals surface area contributed by atoms with E-state index in [-0.39, 0.29) is 10.9 Å². The van der Waals surface area contributed by atoms with Gasteiger partial charge in [-0.05, 0) is 58.6 Å². The van der Waals surface area contributed by atoms with Gasteiger partial charge < -0.3 is 4.57 Å². The van der Waals surface area contributed by atoms with Crippen LogP contribution in [0.5, 0.6) is 0 Å². The molecule has 0 radical (unpaired) electrons. The lowest BCUT2D eigenvalue weighted by Crippen LogP contribution is -2.31. The zero-order valence-electron chi connectivity index (χ0n) is 11.9. The summed E-state index contributed by atoms with van der Waals surface area (Å²) < 4.78 is 2.27. The van der Waals surface area contributed by atoms with Gasteiger partial charge in [0.1, 0.15) is 11.3 Å². The van der Waals surface area contributed by atoms with Gasteiger partial charge in [-0.15, -0.1) is 11.6 Å². The van der Waals surface area contributed by atoms with Gasteiger partial charge >= 0.3 is 0 Å². The van der Waals surface area contributed by atoms with Crippen molar-refractivity contribution >= 4 is 22.8 Å². The van der Waals surface area contributed by atoms with Gasteiger partial charge in [-0.2, -0.15) is 0 Å². The second kappa shape index (κ2) is 4.20. The van der Waals surface area contributed by atoms with Crippen molar-refractivity contribution in [2.45, 2.75) is 51.5 Å². The lowest BCUT2D eigenvalue weighted by Gasteiger charge is -2.29. The van der Waals surface area contributed by atoms with Gasteiger partial charge in [-0.3, -0.25) is 0 Å². The maximum Gasteiger partial charge on any atom is 0.160 e. The molecule has 0 bridgehead atoms. The van der Waals surface area contributed by atoms with Crippen molar-refractivity contribution in [2.24, 2.45) is 5.92 Å². The van der Waals surface area contributed by atoms with Crippen LogP contribution in [0, 0.1) is 12.8 Å². The van der Waals surface area contributed by atoms with Gasteiger partial charge in [0.15, 0.2) is 5.65 Å². The topological polar surface area (TPSA) is 30.7 Å². The van der Waals surface area contributed by atoms with E-state index in [1.807, 2.05) is 26.0 Å². The fraction of sp³-hybridized carbons (Fsp3) is 0.600. The zero-order valence-corrected chi connectivity index (χ0v) is 12.7. The molecule has 2 heterocycles. The van der Waals surface area contributed by atoms with Crippen LogP contribution in [0.1, 0.15) is 50.5 Å². The van der Waals surface area contributed by atoms with Gasteiger partial charge in [0, 0.05) is 11.2 Å². The maximum atomic E-state index is 6.34. The molecular formula is C15H20ClN3. The molecule has 1 aliphatic rings. The third-order valence-electron chi connectivity index (χ3n) is 4.18. The standard InChI is InChI=1S/C15H20ClN3/c1-9-5-8-12-14(17-9)19(13(18-12)10(2)16)15(3,4)11-6-7-11/h5,8,10-11H,6-7H2,1-4H3. The number of hydrogen-bond donors (Lipinski definition) is 0. The number of aryl methyl sites for hydroxylation is 1. The van der Waals surface area contributed by atoms with Crippen LogP contribution in [0.2, 0.25) is 0 Å². The number of halogens is 1. The zero-order chi connectivity index (χ0) is 13.8. The summed E-state index contributed by atoms with van der Waals surface area (Å²) in [5.74, 6) is 1.65. The van der Waals surface area contributed by atoms with Crippen molar-refractivity contribution in [3.63, 3.8) is 0 Å². The summed E-state index contributed by atoms with van der Waals surface area (Å²) in [5.41, 5.74) is 2.98. The Morgan fingerprint density at radius 3 is 2.58 bits per heavy atom. The van der Waals surface area contributed by atoms with E-state index in [1.54, 1.807) is 0 Å². The summed E-state index contributed by atoms with van der Waals surface area (Å²) >= 11 is 6.34. The Bertz CT molecular complexity index is 624. The Morgan fingerprint density at radius 2 is 2.00 bits per heavy atom. The number of nitrogens with zero attached hydrogens (tertiary/aromatic N) is 3. The molecule has 1 saturated carbocycles. The molecule has 4 heteroatoms. The van der Waals surface area contributed by atoms with E-state index in [2.05, 4.69) is 18.4 Å². The summed E-state index contributed by atoms with van der Waals surface area (Å²) in [6, 6.07) is 4.05. The molecule has 0 aliphatic heterocycles. The highest BCUT2D eigenvalue weighted by atomic mass is 35.5. The van der Waals surface area contributed by atoms with Gasteiger partial charge in [-0.25, -0.2) is 9.97 Å². The Labute approximate surface area is 119 Å². The second-order valence-electron chi connectivity index (χ2n) is 6.14. The number of imidazole rings is 1. The monoisotopic (exact) mass is 277 g/mol. The van der Waals surface area contributed by atoms with Crippen molar-refractivity contribution in [3.05, 3.63) is 23.7 Å². The highest BCUT2D eigenvalue weighted by molar-refractivity contribution is 6.20. The van der Waals surface area contributed by atoms with E-state index >= 15 is 0 Å². The van der Waals surface area contributed by atoms with Gasteiger partial charge in [0.2, 0.25) is 0 Å². The largest absolute Gasteiger partial charge is 0.306 e. The minimum absolute atomic E-state index is 0.0357. The molecule has 2 aromatic heterocycles. The van der Waals surface area contributed by atoms with Crippen LogP contribution < -0.4 is 0 Å². The summed E-state index contributed by atoms with van der Waals surface area (Å²) in [5, 5.41) is -0.104. The first kappa shape index (κ1) is 12.9. The molecule has 0 amide bonds. The SMILES string of the molecule is Cc1ccc2nc(C(C)Cl)n(C(C)(C)C3CC3)c2n1. The normalized spacial score (nSPS) is 17.9.